The quantitative estimate of drug-likeness (QED) is 0.805. The first-order chi connectivity index (χ1) is 10.5. The average molecular weight is 325 g/mol. The number of carboxylic acid groups (broad SMARTS) is 1. The molecule has 0 bridgehead atoms. The van der Waals surface area contributed by atoms with Crippen molar-refractivity contribution in [2.75, 3.05) is 5.75 Å². The van der Waals surface area contributed by atoms with Gasteiger partial charge < -0.3 is 5.11 Å². The van der Waals surface area contributed by atoms with Gasteiger partial charge in [0.15, 0.2) is 0 Å². The Morgan fingerprint density at radius 2 is 1.82 bits per heavy atom. The molecular weight excluding hydrogens is 302 g/mol. The summed E-state index contributed by atoms with van der Waals surface area (Å²) in [6.45, 7) is 0. The summed E-state index contributed by atoms with van der Waals surface area (Å²) < 4.78 is 26.8. The summed E-state index contributed by atoms with van der Waals surface area (Å²) in [5, 5.41) is 9.28. The van der Waals surface area contributed by atoms with Crippen LogP contribution in [0.5, 0.6) is 0 Å². The van der Waals surface area contributed by atoms with Gasteiger partial charge in [0.1, 0.15) is 6.04 Å². The molecule has 1 saturated carbocycles. The first kappa shape index (κ1) is 17.0. The second-order valence-electron chi connectivity index (χ2n) is 5.98. The molecule has 0 aliphatic heterocycles. The molecule has 1 aliphatic carbocycles. The maximum absolute atomic E-state index is 12.2. The minimum absolute atomic E-state index is 0.0333. The van der Waals surface area contributed by atoms with Crippen LogP contribution in [0.4, 0.5) is 0 Å². The molecule has 0 unspecified atom stereocenters. The van der Waals surface area contributed by atoms with Crippen LogP contribution in [0.2, 0.25) is 0 Å². The summed E-state index contributed by atoms with van der Waals surface area (Å²) in [7, 11) is -3.58. The Hall–Kier alpha value is -1.40. The summed E-state index contributed by atoms with van der Waals surface area (Å²) in [6.07, 6.45) is 5.27. The zero-order valence-electron chi connectivity index (χ0n) is 12.6. The molecule has 1 aromatic carbocycles. The average Bonchev–Trinajstić information content (AvgIpc) is 2.48. The second kappa shape index (κ2) is 7.74. The largest absolute Gasteiger partial charge is 0.480 e. The van der Waals surface area contributed by atoms with Crippen molar-refractivity contribution in [2.45, 2.75) is 44.6 Å². The number of carbonyl (C=O) groups is 1. The predicted molar refractivity (Wildman–Crippen MR) is 85.1 cm³/mol. The van der Waals surface area contributed by atoms with Gasteiger partial charge in [-0.3, -0.25) is 4.79 Å². The first-order valence-electron chi connectivity index (χ1n) is 7.73. The molecule has 2 rings (SSSR count). The molecule has 122 valence electrons. The van der Waals surface area contributed by atoms with Gasteiger partial charge in [-0.2, -0.15) is 0 Å². The Kier molecular flexibility index (Phi) is 5.97. The molecule has 0 heterocycles. The fraction of sp³-hybridized carbons (Fsp3) is 0.562. The summed E-state index contributed by atoms with van der Waals surface area (Å²) in [5.41, 5.74) is 0.801. The van der Waals surface area contributed by atoms with E-state index in [4.69, 9.17) is 0 Å². The Balaban J connectivity index is 1.98. The first-order valence-corrected chi connectivity index (χ1v) is 9.38. The van der Waals surface area contributed by atoms with E-state index in [1.54, 1.807) is 12.1 Å². The van der Waals surface area contributed by atoms with E-state index in [9.17, 15) is 18.3 Å². The zero-order valence-corrected chi connectivity index (χ0v) is 13.4. The summed E-state index contributed by atoms with van der Waals surface area (Å²) in [5.74, 6) is -0.959. The third kappa shape index (κ3) is 5.42. The Morgan fingerprint density at radius 3 is 2.41 bits per heavy atom. The lowest BCUT2D eigenvalue weighted by Gasteiger charge is -2.22. The summed E-state index contributed by atoms with van der Waals surface area (Å²) >= 11 is 0. The number of benzene rings is 1. The van der Waals surface area contributed by atoms with Crippen LogP contribution in [0, 0.1) is 5.92 Å². The molecule has 5 nitrogen and oxygen atoms in total. The lowest BCUT2D eigenvalue weighted by atomic mass is 9.91. The highest BCUT2D eigenvalue weighted by molar-refractivity contribution is 7.89. The minimum atomic E-state index is -3.58. The van der Waals surface area contributed by atoms with Gasteiger partial charge in [-0.15, -0.1) is 0 Å². The molecule has 22 heavy (non-hydrogen) atoms. The lowest BCUT2D eigenvalue weighted by molar-refractivity contribution is -0.138. The maximum atomic E-state index is 12.2. The predicted octanol–water partition coefficient (Wildman–Crippen LogP) is 2.18. The van der Waals surface area contributed by atoms with Crippen molar-refractivity contribution in [3.63, 3.8) is 0 Å². The number of rotatable bonds is 7. The highest BCUT2D eigenvalue weighted by atomic mass is 32.2. The fourth-order valence-corrected chi connectivity index (χ4v) is 4.63. The van der Waals surface area contributed by atoms with Gasteiger partial charge in [0.05, 0.1) is 5.75 Å². The molecule has 6 heteroatoms. The Bertz CT molecular complexity index is 579. The van der Waals surface area contributed by atoms with Crippen LogP contribution in [-0.4, -0.2) is 31.3 Å². The molecular formula is C16H23NO4S. The molecule has 0 aromatic heterocycles. The lowest BCUT2D eigenvalue weighted by Crippen LogP contribution is -2.44. The smallest absolute Gasteiger partial charge is 0.322 e. The van der Waals surface area contributed by atoms with E-state index >= 15 is 0 Å². The van der Waals surface area contributed by atoms with Crippen molar-refractivity contribution >= 4 is 16.0 Å². The number of aliphatic carboxylic acids is 1. The van der Waals surface area contributed by atoms with Crippen molar-refractivity contribution in [1.29, 1.82) is 0 Å². The highest BCUT2D eigenvalue weighted by Crippen LogP contribution is 2.24. The molecule has 0 amide bonds. The van der Waals surface area contributed by atoms with Crippen molar-refractivity contribution in [1.82, 2.24) is 4.72 Å². The van der Waals surface area contributed by atoms with Crippen LogP contribution in [0.1, 0.15) is 37.7 Å². The van der Waals surface area contributed by atoms with Crippen molar-refractivity contribution in [2.24, 2.45) is 5.92 Å². The number of nitrogens with one attached hydrogen (secondary N) is 1. The minimum Gasteiger partial charge on any atom is -0.480 e. The number of hydrogen-bond acceptors (Lipinski definition) is 3. The summed E-state index contributed by atoms with van der Waals surface area (Å²) in [4.78, 5) is 11.3. The van der Waals surface area contributed by atoms with Gasteiger partial charge in [-0.25, -0.2) is 13.1 Å². The van der Waals surface area contributed by atoms with E-state index in [-0.39, 0.29) is 18.1 Å². The molecule has 0 saturated heterocycles. The molecule has 0 spiro atoms. The van der Waals surface area contributed by atoms with Crippen LogP contribution in [0.25, 0.3) is 0 Å². The monoisotopic (exact) mass is 325 g/mol. The fourth-order valence-electron chi connectivity index (χ4n) is 2.96. The highest BCUT2D eigenvalue weighted by Gasteiger charge is 2.27. The Morgan fingerprint density at radius 1 is 1.18 bits per heavy atom. The topological polar surface area (TPSA) is 83.5 Å². The molecule has 2 N–H and O–H groups in total. The van der Waals surface area contributed by atoms with Crippen LogP contribution in [-0.2, 0) is 21.2 Å². The van der Waals surface area contributed by atoms with Gasteiger partial charge in [-0.1, -0.05) is 49.6 Å². The van der Waals surface area contributed by atoms with Crippen molar-refractivity contribution in [3.05, 3.63) is 35.9 Å². The van der Waals surface area contributed by atoms with Gasteiger partial charge in [0.25, 0.3) is 0 Å². The van der Waals surface area contributed by atoms with E-state index < -0.39 is 22.0 Å². The van der Waals surface area contributed by atoms with Crippen LogP contribution in [0.3, 0.4) is 0 Å². The molecule has 0 radical (unpaired) electrons. The van der Waals surface area contributed by atoms with E-state index in [1.807, 2.05) is 18.2 Å². The zero-order chi connectivity index (χ0) is 16.0. The summed E-state index contributed by atoms with van der Waals surface area (Å²) in [6, 6.07) is 7.94. The van der Waals surface area contributed by atoms with Gasteiger partial charge in [0.2, 0.25) is 10.0 Å². The molecule has 1 fully saturated rings. The second-order valence-corrected chi connectivity index (χ2v) is 7.78. The number of carboxylic acids is 1. The maximum Gasteiger partial charge on any atom is 0.322 e. The Labute approximate surface area is 131 Å². The molecule has 1 atom stereocenters. The SMILES string of the molecule is O=C(O)[C@@H](Cc1ccccc1)NS(=O)(=O)CC1CCCCC1. The van der Waals surface area contributed by atoms with Gasteiger partial charge in [-0.05, 0) is 30.7 Å². The van der Waals surface area contributed by atoms with Gasteiger partial charge >= 0.3 is 5.97 Å². The number of hydrogen-bond donors (Lipinski definition) is 2. The van der Waals surface area contributed by atoms with Crippen LogP contribution >= 0.6 is 0 Å². The van der Waals surface area contributed by atoms with Crippen molar-refractivity contribution in [3.8, 4) is 0 Å². The van der Waals surface area contributed by atoms with E-state index in [0.717, 1.165) is 37.7 Å². The number of sulfonamides is 1. The molecule has 1 aromatic rings. The van der Waals surface area contributed by atoms with Gasteiger partial charge in [0, 0.05) is 0 Å². The van der Waals surface area contributed by atoms with Crippen LogP contribution < -0.4 is 4.72 Å². The molecule has 1 aliphatic rings. The van der Waals surface area contributed by atoms with Crippen LogP contribution in [0.15, 0.2) is 30.3 Å². The third-order valence-corrected chi connectivity index (χ3v) is 5.64. The normalized spacial score (nSPS) is 18.0. The van der Waals surface area contributed by atoms with E-state index in [0.29, 0.717) is 0 Å². The third-order valence-electron chi connectivity index (χ3n) is 4.08. The van der Waals surface area contributed by atoms with E-state index in [1.165, 1.54) is 0 Å². The standard InChI is InChI=1S/C16H23NO4S/c18-16(19)15(11-13-7-3-1-4-8-13)17-22(20,21)12-14-9-5-2-6-10-14/h1,3-4,7-8,14-15,17H,2,5-6,9-12H2,(H,18,19)/t15-/m1/s1. The van der Waals surface area contributed by atoms with Crippen molar-refractivity contribution < 1.29 is 18.3 Å². The van der Waals surface area contributed by atoms with E-state index in [2.05, 4.69) is 4.72 Å².